The Bertz CT molecular complexity index is 998. The SMILES string of the molecule is CCc1nc(CN2CCCCN2c2ccc(C#N)c3ccccc23)c(C)[nH]1. The summed E-state index contributed by atoms with van der Waals surface area (Å²) in [4.78, 5) is 8.16. The number of anilines is 1. The summed E-state index contributed by atoms with van der Waals surface area (Å²) in [5.41, 5.74) is 4.18. The van der Waals surface area contributed by atoms with Crippen LogP contribution in [0.3, 0.4) is 0 Å². The van der Waals surface area contributed by atoms with Gasteiger partial charge in [0.25, 0.3) is 0 Å². The summed E-state index contributed by atoms with van der Waals surface area (Å²) < 4.78 is 0. The summed E-state index contributed by atoms with van der Waals surface area (Å²) in [6.07, 6.45) is 3.28. The molecule has 0 amide bonds. The Labute approximate surface area is 160 Å². The highest BCUT2D eigenvalue weighted by Gasteiger charge is 2.24. The lowest BCUT2D eigenvalue weighted by atomic mass is 10.0. The second-order valence-electron chi connectivity index (χ2n) is 7.12. The monoisotopic (exact) mass is 359 g/mol. The molecule has 1 saturated heterocycles. The molecule has 0 aliphatic carbocycles. The molecule has 1 aliphatic rings. The zero-order valence-electron chi connectivity index (χ0n) is 16.0. The normalized spacial score (nSPS) is 15.2. The van der Waals surface area contributed by atoms with Gasteiger partial charge in [-0.05, 0) is 31.9 Å². The van der Waals surface area contributed by atoms with E-state index in [0.717, 1.165) is 59.6 Å². The Morgan fingerprint density at radius 3 is 2.63 bits per heavy atom. The van der Waals surface area contributed by atoms with Crippen LogP contribution in [-0.2, 0) is 13.0 Å². The second-order valence-corrected chi connectivity index (χ2v) is 7.12. The van der Waals surface area contributed by atoms with Crippen molar-refractivity contribution in [3.05, 3.63) is 59.2 Å². The smallest absolute Gasteiger partial charge is 0.106 e. The number of nitriles is 1. The van der Waals surface area contributed by atoms with Crippen LogP contribution in [-0.4, -0.2) is 28.1 Å². The average Bonchev–Trinajstić information content (AvgIpc) is 3.07. The first kappa shape index (κ1) is 17.6. The Morgan fingerprint density at radius 2 is 1.89 bits per heavy atom. The molecule has 138 valence electrons. The number of aromatic amines is 1. The highest BCUT2D eigenvalue weighted by Crippen LogP contribution is 2.32. The van der Waals surface area contributed by atoms with E-state index in [4.69, 9.17) is 4.98 Å². The van der Waals surface area contributed by atoms with E-state index in [1.54, 1.807) is 0 Å². The van der Waals surface area contributed by atoms with Crippen LogP contribution in [0, 0.1) is 18.3 Å². The highest BCUT2D eigenvalue weighted by molar-refractivity contribution is 5.97. The summed E-state index contributed by atoms with van der Waals surface area (Å²) >= 11 is 0. The number of aryl methyl sites for hydroxylation is 2. The van der Waals surface area contributed by atoms with Gasteiger partial charge in [0.05, 0.1) is 29.6 Å². The molecule has 2 heterocycles. The third kappa shape index (κ3) is 3.29. The molecule has 0 bridgehead atoms. The number of H-pyrrole nitrogens is 1. The second kappa shape index (κ2) is 7.42. The van der Waals surface area contributed by atoms with Crippen molar-refractivity contribution in [3.63, 3.8) is 0 Å². The summed E-state index contributed by atoms with van der Waals surface area (Å²) in [5, 5.41) is 16.4. The minimum atomic E-state index is 0.730. The molecule has 1 N–H and O–H groups in total. The molecule has 5 nitrogen and oxygen atoms in total. The zero-order valence-corrected chi connectivity index (χ0v) is 16.0. The molecule has 5 heteroatoms. The van der Waals surface area contributed by atoms with Gasteiger partial charge in [-0.25, -0.2) is 9.99 Å². The van der Waals surface area contributed by atoms with Crippen LogP contribution in [0.15, 0.2) is 36.4 Å². The van der Waals surface area contributed by atoms with Gasteiger partial charge in [0.2, 0.25) is 0 Å². The van der Waals surface area contributed by atoms with Gasteiger partial charge in [0.1, 0.15) is 5.82 Å². The Balaban J connectivity index is 1.72. The van der Waals surface area contributed by atoms with E-state index in [1.165, 1.54) is 18.5 Å². The number of hydrogen-bond acceptors (Lipinski definition) is 4. The first-order valence-electron chi connectivity index (χ1n) is 9.70. The molecule has 2 aromatic carbocycles. The standard InChI is InChI=1S/C22H25N5/c1-3-22-24-16(2)20(25-22)15-26-12-6-7-13-27(26)21-11-10-17(14-23)18-8-4-5-9-19(18)21/h4-5,8-11H,3,6-7,12-13,15H2,1-2H3,(H,24,25). The van der Waals surface area contributed by atoms with Crippen LogP contribution in [0.5, 0.6) is 0 Å². The van der Waals surface area contributed by atoms with E-state index in [0.29, 0.717) is 0 Å². The van der Waals surface area contributed by atoms with Crippen LogP contribution in [0.4, 0.5) is 5.69 Å². The van der Waals surface area contributed by atoms with E-state index in [9.17, 15) is 5.26 Å². The zero-order chi connectivity index (χ0) is 18.8. The fourth-order valence-corrected chi connectivity index (χ4v) is 3.92. The first-order chi connectivity index (χ1) is 13.2. The third-order valence-electron chi connectivity index (χ3n) is 5.38. The van der Waals surface area contributed by atoms with Crippen molar-refractivity contribution < 1.29 is 0 Å². The topological polar surface area (TPSA) is 59.0 Å². The molecule has 0 radical (unpaired) electrons. The molecule has 0 unspecified atom stereocenters. The van der Waals surface area contributed by atoms with Gasteiger partial charge in [-0.2, -0.15) is 5.26 Å². The molecular formula is C22H25N5. The van der Waals surface area contributed by atoms with E-state index >= 15 is 0 Å². The van der Waals surface area contributed by atoms with Crippen molar-refractivity contribution in [1.29, 1.82) is 5.26 Å². The van der Waals surface area contributed by atoms with Gasteiger partial charge in [-0.15, -0.1) is 0 Å². The van der Waals surface area contributed by atoms with Crippen LogP contribution in [0.1, 0.15) is 42.5 Å². The van der Waals surface area contributed by atoms with Crippen molar-refractivity contribution in [3.8, 4) is 6.07 Å². The number of benzene rings is 2. The predicted molar refractivity (Wildman–Crippen MR) is 108 cm³/mol. The fourth-order valence-electron chi connectivity index (χ4n) is 3.92. The van der Waals surface area contributed by atoms with E-state index < -0.39 is 0 Å². The van der Waals surface area contributed by atoms with E-state index in [2.05, 4.69) is 47.1 Å². The summed E-state index contributed by atoms with van der Waals surface area (Å²) in [6, 6.07) is 14.6. The number of rotatable bonds is 4. The van der Waals surface area contributed by atoms with Crippen LogP contribution in [0.25, 0.3) is 10.8 Å². The third-order valence-corrected chi connectivity index (χ3v) is 5.38. The summed E-state index contributed by atoms with van der Waals surface area (Å²) in [5.74, 6) is 1.05. The minimum absolute atomic E-state index is 0.730. The number of hydrazine groups is 1. The van der Waals surface area contributed by atoms with E-state index in [1.807, 2.05) is 24.3 Å². The molecule has 3 aromatic rings. The first-order valence-corrected chi connectivity index (χ1v) is 9.70. The van der Waals surface area contributed by atoms with Crippen LogP contribution < -0.4 is 5.01 Å². The van der Waals surface area contributed by atoms with Gasteiger partial charge in [-0.1, -0.05) is 31.2 Å². The molecular weight excluding hydrogens is 334 g/mol. The lowest BCUT2D eigenvalue weighted by Crippen LogP contribution is -2.47. The van der Waals surface area contributed by atoms with Gasteiger partial charge < -0.3 is 9.99 Å². The number of hydrogen-bond donors (Lipinski definition) is 1. The molecule has 1 aromatic heterocycles. The average molecular weight is 359 g/mol. The van der Waals surface area contributed by atoms with Crippen molar-refractivity contribution in [1.82, 2.24) is 15.0 Å². The van der Waals surface area contributed by atoms with Gasteiger partial charge >= 0.3 is 0 Å². The lowest BCUT2D eigenvalue weighted by molar-refractivity contribution is 0.202. The maximum Gasteiger partial charge on any atom is 0.106 e. The Hall–Kier alpha value is -2.84. The summed E-state index contributed by atoms with van der Waals surface area (Å²) in [7, 11) is 0. The number of nitrogens with one attached hydrogen (secondary N) is 1. The van der Waals surface area contributed by atoms with Gasteiger partial charge in [0, 0.05) is 36.0 Å². The molecule has 0 atom stereocenters. The summed E-state index contributed by atoms with van der Waals surface area (Å²) in [6.45, 7) is 7.03. The number of fused-ring (bicyclic) bond motifs is 1. The molecule has 1 aliphatic heterocycles. The minimum Gasteiger partial charge on any atom is -0.346 e. The van der Waals surface area contributed by atoms with Crippen molar-refractivity contribution in [2.75, 3.05) is 18.1 Å². The predicted octanol–water partition coefficient (Wildman–Crippen LogP) is 4.32. The van der Waals surface area contributed by atoms with Crippen LogP contribution in [0.2, 0.25) is 0 Å². The fraction of sp³-hybridized carbons (Fsp3) is 0.364. The number of aromatic nitrogens is 2. The van der Waals surface area contributed by atoms with Crippen molar-refractivity contribution >= 4 is 16.5 Å². The van der Waals surface area contributed by atoms with Crippen molar-refractivity contribution in [2.45, 2.75) is 39.7 Å². The lowest BCUT2D eigenvalue weighted by Gasteiger charge is -2.40. The van der Waals surface area contributed by atoms with Gasteiger partial charge in [-0.3, -0.25) is 0 Å². The molecule has 0 saturated carbocycles. The maximum atomic E-state index is 9.45. The number of imidazole rings is 1. The largest absolute Gasteiger partial charge is 0.346 e. The van der Waals surface area contributed by atoms with Crippen LogP contribution >= 0.6 is 0 Å². The highest BCUT2D eigenvalue weighted by atomic mass is 15.6. The van der Waals surface area contributed by atoms with E-state index in [-0.39, 0.29) is 0 Å². The number of nitrogens with zero attached hydrogens (tertiary/aromatic N) is 4. The quantitative estimate of drug-likeness (QED) is 0.753. The molecule has 0 spiro atoms. The Morgan fingerprint density at radius 1 is 1.11 bits per heavy atom. The Kier molecular flexibility index (Phi) is 4.83. The maximum absolute atomic E-state index is 9.45. The molecule has 1 fully saturated rings. The van der Waals surface area contributed by atoms with Crippen molar-refractivity contribution in [2.24, 2.45) is 0 Å². The molecule has 4 rings (SSSR count). The molecule has 27 heavy (non-hydrogen) atoms. The van der Waals surface area contributed by atoms with Gasteiger partial charge in [0.15, 0.2) is 0 Å².